The van der Waals surface area contributed by atoms with Gasteiger partial charge in [0.15, 0.2) is 5.96 Å². The van der Waals surface area contributed by atoms with Crippen LogP contribution in [0.5, 0.6) is 0 Å². The molecule has 4 N–H and O–H groups in total. The number of nitrogens with two attached hydrogens (primary N) is 1. The summed E-state index contributed by atoms with van der Waals surface area (Å²) in [5.74, 6) is 0.316. The second-order valence-corrected chi connectivity index (χ2v) is 6.12. The van der Waals surface area contributed by atoms with Crippen molar-refractivity contribution in [2.45, 2.75) is 31.7 Å². The van der Waals surface area contributed by atoms with Gasteiger partial charge in [0.05, 0.1) is 19.8 Å². The zero-order valence-electron chi connectivity index (χ0n) is 14.7. The molecule has 0 aromatic heterocycles. The minimum Gasteiger partial charge on any atom is -0.450 e. The Hall–Kier alpha value is -2.28. The minimum atomic E-state index is -0.253. The molecule has 1 aromatic rings. The number of carbonyl (C=O) groups is 1. The molecule has 2 rings (SSSR count). The number of aliphatic imine (C=N–C) groups is 1. The number of nitrogens with one attached hydrogen (secondary N) is 1. The van der Waals surface area contributed by atoms with E-state index in [1.54, 1.807) is 11.8 Å². The van der Waals surface area contributed by atoms with E-state index in [-0.39, 0.29) is 24.7 Å². The number of rotatable bonds is 6. The van der Waals surface area contributed by atoms with Crippen molar-refractivity contribution >= 4 is 12.1 Å². The van der Waals surface area contributed by atoms with Gasteiger partial charge in [0, 0.05) is 25.0 Å². The highest BCUT2D eigenvalue weighted by molar-refractivity contribution is 5.78. The molecule has 1 fully saturated rings. The summed E-state index contributed by atoms with van der Waals surface area (Å²) in [4.78, 5) is 17.8. The lowest BCUT2D eigenvalue weighted by Gasteiger charge is -2.31. The fourth-order valence-electron chi connectivity index (χ4n) is 2.88. The molecule has 0 spiro atoms. The first-order valence-electron chi connectivity index (χ1n) is 8.78. The predicted octanol–water partition coefficient (Wildman–Crippen LogP) is 1.29. The Kier molecular flexibility index (Phi) is 7.53. The molecule has 0 aliphatic carbocycles. The Labute approximate surface area is 148 Å². The van der Waals surface area contributed by atoms with Crippen LogP contribution < -0.4 is 11.1 Å². The number of hydrogen-bond donors (Lipinski definition) is 3. The van der Waals surface area contributed by atoms with Crippen LogP contribution in [0.2, 0.25) is 0 Å². The molecule has 1 aliphatic rings. The maximum atomic E-state index is 11.7. The van der Waals surface area contributed by atoms with Gasteiger partial charge in [-0.3, -0.25) is 4.99 Å². The quantitative estimate of drug-likeness (QED) is 0.531. The first-order chi connectivity index (χ1) is 12.1. The van der Waals surface area contributed by atoms with Gasteiger partial charge in [-0.1, -0.05) is 30.3 Å². The van der Waals surface area contributed by atoms with Crippen LogP contribution >= 0.6 is 0 Å². The van der Waals surface area contributed by atoms with E-state index in [9.17, 15) is 9.90 Å². The average Bonchev–Trinajstić information content (AvgIpc) is 2.64. The van der Waals surface area contributed by atoms with E-state index < -0.39 is 0 Å². The fourth-order valence-corrected chi connectivity index (χ4v) is 2.88. The summed E-state index contributed by atoms with van der Waals surface area (Å²) in [5.41, 5.74) is 7.03. The Bertz CT molecular complexity index is 557. The first-order valence-corrected chi connectivity index (χ1v) is 8.78. The van der Waals surface area contributed by atoms with Gasteiger partial charge < -0.3 is 25.8 Å². The zero-order valence-corrected chi connectivity index (χ0v) is 14.7. The van der Waals surface area contributed by atoms with E-state index in [2.05, 4.69) is 10.3 Å². The second-order valence-electron chi connectivity index (χ2n) is 6.12. The van der Waals surface area contributed by atoms with Crippen LogP contribution in [-0.2, 0) is 4.74 Å². The summed E-state index contributed by atoms with van der Waals surface area (Å²) >= 11 is 0. The topological polar surface area (TPSA) is 100 Å². The molecule has 1 unspecified atom stereocenters. The monoisotopic (exact) mass is 348 g/mol. The van der Waals surface area contributed by atoms with E-state index in [0.717, 1.165) is 18.4 Å². The fraction of sp³-hybridized carbons (Fsp3) is 0.556. The molecule has 25 heavy (non-hydrogen) atoms. The molecule has 1 amide bonds. The van der Waals surface area contributed by atoms with Crippen molar-refractivity contribution in [1.82, 2.24) is 10.2 Å². The van der Waals surface area contributed by atoms with Crippen LogP contribution in [0.4, 0.5) is 4.79 Å². The highest BCUT2D eigenvalue weighted by Crippen LogP contribution is 2.15. The highest BCUT2D eigenvalue weighted by atomic mass is 16.6. The number of carbonyl (C=O) groups excluding carboxylic acids is 1. The van der Waals surface area contributed by atoms with Crippen LogP contribution in [0, 0.1) is 0 Å². The number of benzene rings is 1. The van der Waals surface area contributed by atoms with E-state index in [4.69, 9.17) is 10.5 Å². The molecule has 0 saturated carbocycles. The van der Waals surface area contributed by atoms with Gasteiger partial charge >= 0.3 is 6.09 Å². The number of piperidine rings is 1. The van der Waals surface area contributed by atoms with E-state index in [0.29, 0.717) is 32.2 Å². The molecule has 1 aliphatic heterocycles. The van der Waals surface area contributed by atoms with Crippen molar-refractivity contribution in [1.29, 1.82) is 0 Å². The summed E-state index contributed by atoms with van der Waals surface area (Å²) in [6.45, 7) is 3.95. The molecule has 0 bridgehead atoms. The van der Waals surface area contributed by atoms with Gasteiger partial charge in [0.25, 0.3) is 0 Å². The molecule has 1 atom stereocenters. The predicted molar refractivity (Wildman–Crippen MR) is 97.5 cm³/mol. The molecule has 1 heterocycles. The van der Waals surface area contributed by atoms with Crippen molar-refractivity contribution in [2.75, 3.05) is 32.8 Å². The number of amides is 1. The number of aliphatic hydroxyl groups excluding tert-OH is 1. The summed E-state index contributed by atoms with van der Waals surface area (Å²) in [6.07, 6.45) is 1.35. The van der Waals surface area contributed by atoms with Crippen LogP contribution in [0.1, 0.15) is 31.2 Å². The number of likely N-dealkylation sites (tertiary alicyclic amines) is 1. The lowest BCUT2D eigenvalue weighted by molar-refractivity contribution is 0.0963. The van der Waals surface area contributed by atoms with Crippen LogP contribution in [0.15, 0.2) is 35.3 Å². The van der Waals surface area contributed by atoms with E-state index in [1.165, 1.54) is 0 Å². The van der Waals surface area contributed by atoms with E-state index in [1.807, 2.05) is 30.3 Å². The third-order valence-electron chi connectivity index (χ3n) is 4.35. The van der Waals surface area contributed by atoms with Crippen LogP contribution in [0.25, 0.3) is 0 Å². The summed E-state index contributed by atoms with van der Waals surface area (Å²) in [7, 11) is 0. The number of aliphatic hydroxyl groups is 1. The van der Waals surface area contributed by atoms with Crippen molar-refractivity contribution in [2.24, 2.45) is 10.7 Å². The SMILES string of the molecule is CCOC(=O)N1CCC(NC(N)=NCC(CO)c2ccccc2)CC1. The lowest BCUT2D eigenvalue weighted by atomic mass is 10.0. The van der Waals surface area contributed by atoms with Gasteiger partial charge in [0.1, 0.15) is 0 Å². The van der Waals surface area contributed by atoms with Gasteiger partial charge in [-0.15, -0.1) is 0 Å². The standard InChI is InChI=1S/C18H28N4O3/c1-2-25-18(24)22-10-8-16(9-11-22)21-17(19)20-12-15(13-23)14-6-4-3-5-7-14/h3-7,15-16,23H,2,8-13H2,1H3,(H3,19,20,21). The Morgan fingerprint density at radius 1 is 1.40 bits per heavy atom. The summed E-state index contributed by atoms with van der Waals surface area (Å²) < 4.78 is 5.01. The Morgan fingerprint density at radius 3 is 2.68 bits per heavy atom. The third kappa shape index (κ3) is 5.94. The Morgan fingerprint density at radius 2 is 2.08 bits per heavy atom. The summed E-state index contributed by atoms with van der Waals surface area (Å²) in [6, 6.07) is 9.98. The molecule has 1 saturated heterocycles. The normalized spacial score (nSPS) is 17.2. The van der Waals surface area contributed by atoms with Gasteiger partial charge in [-0.25, -0.2) is 4.79 Å². The van der Waals surface area contributed by atoms with E-state index >= 15 is 0 Å². The Balaban J connectivity index is 1.79. The van der Waals surface area contributed by atoms with Gasteiger partial charge in [-0.2, -0.15) is 0 Å². The molecule has 138 valence electrons. The maximum absolute atomic E-state index is 11.7. The second kappa shape index (κ2) is 9.88. The van der Waals surface area contributed by atoms with Gasteiger partial charge in [0.2, 0.25) is 0 Å². The smallest absolute Gasteiger partial charge is 0.409 e. The van der Waals surface area contributed by atoms with Crippen LogP contribution in [0.3, 0.4) is 0 Å². The molecule has 7 heteroatoms. The lowest BCUT2D eigenvalue weighted by Crippen LogP contribution is -2.48. The van der Waals surface area contributed by atoms with Crippen molar-refractivity contribution < 1.29 is 14.6 Å². The van der Waals surface area contributed by atoms with Gasteiger partial charge in [-0.05, 0) is 25.3 Å². The van der Waals surface area contributed by atoms with Crippen LogP contribution in [-0.4, -0.2) is 60.9 Å². The van der Waals surface area contributed by atoms with Crippen molar-refractivity contribution in [3.63, 3.8) is 0 Å². The molecule has 0 radical (unpaired) electrons. The molecule has 7 nitrogen and oxygen atoms in total. The summed E-state index contributed by atoms with van der Waals surface area (Å²) in [5, 5.41) is 12.8. The number of guanidine groups is 1. The highest BCUT2D eigenvalue weighted by Gasteiger charge is 2.23. The largest absolute Gasteiger partial charge is 0.450 e. The minimum absolute atomic E-state index is 0.0265. The molecular weight excluding hydrogens is 320 g/mol. The number of nitrogens with zero attached hydrogens (tertiary/aromatic N) is 2. The average molecular weight is 348 g/mol. The van der Waals surface area contributed by atoms with Crippen molar-refractivity contribution in [3.8, 4) is 0 Å². The zero-order chi connectivity index (χ0) is 18.1. The first kappa shape index (κ1) is 19.1. The number of hydrogen-bond acceptors (Lipinski definition) is 4. The third-order valence-corrected chi connectivity index (χ3v) is 4.35. The maximum Gasteiger partial charge on any atom is 0.409 e. The molecule has 1 aromatic carbocycles. The molecular formula is C18H28N4O3. The van der Waals surface area contributed by atoms with Crippen molar-refractivity contribution in [3.05, 3.63) is 35.9 Å². The number of ether oxygens (including phenoxy) is 1.